The number of carbonyl (C=O) groups excluding carboxylic acids is 3. The van der Waals surface area contributed by atoms with Crippen molar-refractivity contribution in [3.8, 4) is 0 Å². The number of hydrogen-bond acceptors (Lipinski definition) is 6. The third kappa shape index (κ3) is 6.90. The second-order valence-corrected chi connectivity index (χ2v) is 8.20. The maximum absolute atomic E-state index is 12.8. The van der Waals surface area contributed by atoms with Crippen LogP contribution >= 0.6 is 0 Å². The van der Waals surface area contributed by atoms with E-state index < -0.39 is 41.2 Å². The molecule has 9 nitrogen and oxygen atoms in total. The predicted octanol–water partition coefficient (Wildman–Crippen LogP) is 1.08. The first-order valence-corrected chi connectivity index (χ1v) is 9.10. The third-order valence-corrected chi connectivity index (χ3v) is 4.17. The first-order valence-electron chi connectivity index (χ1n) is 9.10. The molecule has 9 heteroatoms. The predicted molar refractivity (Wildman–Crippen MR) is 103 cm³/mol. The summed E-state index contributed by atoms with van der Waals surface area (Å²) in [5.41, 5.74) is 1.19. The van der Waals surface area contributed by atoms with E-state index in [2.05, 4.69) is 15.6 Å². The Morgan fingerprint density at radius 1 is 1.14 bits per heavy atom. The first kappa shape index (κ1) is 23.5. The summed E-state index contributed by atoms with van der Waals surface area (Å²) in [7, 11) is 0. The van der Waals surface area contributed by atoms with E-state index in [0.29, 0.717) is 5.69 Å². The lowest BCUT2D eigenvalue weighted by Crippen LogP contribution is -2.55. The molecule has 0 radical (unpaired) electrons. The van der Waals surface area contributed by atoms with Gasteiger partial charge < -0.3 is 15.7 Å². The van der Waals surface area contributed by atoms with E-state index in [1.54, 1.807) is 39.1 Å². The zero-order chi connectivity index (χ0) is 21.5. The van der Waals surface area contributed by atoms with Crippen molar-refractivity contribution in [3.63, 3.8) is 0 Å². The highest BCUT2D eigenvalue weighted by Crippen LogP contribution is 2.23. The summed E-state index contributed by atoms with van der Waals surface area (Å²) in [4.78, 5) is 41.1. The first-order chi connectivity index (χ1) is 13.0. The van der Waals surface area contributed by atoms with Gasteiger partial charge in [0.1, 0.15) is 12.1 Å². The zero-order valence-corrected chi connectivity index (χ0v) is 16.9. The summed E-state index contributed by atoms with van der Waals surface area (Å²) in [5.74, 6) is -3.30. The van der Waals surface area contributed by atoms with Crippen molar-refractivity contribution in [3.05, 3.63) is 24.5 Å². The highest BCUT2D eigenvalue weighted by atomic mass is 16.5. The van der Waals surface area contributed by atoms with Crippen molar-refractivity contribution < 1.29 is 24.7 Å². The van der Waals surface area contributed by atoms with Gasteiger partial charge in [0.05, 0.1) is 17.8 Å². The number of aliphatic hydroxyl groups excluding tert-OH is 1. The molecule has 28 heavy (non-hydrogen) atoms. The Morgan fingerprint density at radius 2 is 1.79 bits per heavy atom. The van der Waals surface area contributed by atoms with Gasteiger partial charge in [0.25, 0.3) is 5.91 Å². The highest BCUT2D eigenvalue weighted by Gasteiger charge is 2.38. The topological polar surface area (TPSA) is 141 Å². The normalized spacial score (nSPS) is 14.7. The van der Waals surface area contributed by atoms with Gasteiger partial charge in [0, 0.05) is 6.20 Å². The Morgan fingerprint density at radius 3 is 2.25 bits per heavy atom. The van der Waals surface area contributed by atoms with Gasteiger partial charge in [0.2, 0.25) is 11.8 Å². The van der Waals surface area contributed by atoms with Crippen LogP contribution in [-0.2, 0) is 14.4 Å². The van der Waals surface area contributed by atoms with Crippen LogP contribution in [-0.4, -0.2) is 45.2 Å². The van der Waals surface area contributed by atoms with E-state index in [4.69, 9.17) is 5.21 Å². The molecule has 0 aromatic carbocycles. The van der Waals surface area contributed by atoms with Gasteiger partial charge in [-0.2, -0.15) is 0 Å². The Balaban J connectivity index is 3.03. The van der Waals surface area contributed by atoms with Gasteiger partial charge in [-0.3, -0.25) is 24.6 Å². The summed E-state index contributed by atoms with van der Waals surface area (Å²) in [6, 6.07) is 2.41. The van der Waals surface area contributed by atoms with Crippen LogP contribution in [0.5, 0.6) is 0 Å². The Hall–Kier alpha value is -2.52. The summed E-state index contributed by atoms with van der Waals surface area (Å²) in [5, 5.41) is 24.3. The van der Waals surface area contributed by atoms with Crippen LogP contribution in [0.1, 0.15) is 41.0 Å². The van der Waals surface area contributed by atoms with Crippen molar-refractivity contribution in [1.29, 1.82) is 0 Å². The van der Waals surface area contributed by atoms with Gasteiger partial charge in [-0.05, 0) is 29.9 Å². The minimum Gasteiger partial charge on any atom is -0.382 e. The third-order valence-electron chi connectivity index (χ3n) is 4.17. The molecule has 0 spiro atoms. The molecule has 0 saturated heterocycles. The largest absolute Gasteiger partial charge is 0.382 e. The van der Waals surface area contributed by atoms with E-state index in [0.717, 1.165) is 0 Å². The molecule has 5 N–H and O–H groups in total. The fraction of sp³-hybridized carbons (Fsp3) is 0.579. The number of hydrogen-bond donors (Lipinski definition) is 5. The van der Waals surface area contributed by atoms with Crippen LogP contribution < -0.4 is 16.1 Å². The van der Waals surface area contributed by atoms with Crippen molar-refractivity contribution >= 4 is 23.4 Å². The summed E-state index contributed by atoms with van der Waals surface area (Å²) >= 11 is 0. The molecule has 0 aliphatic heterocycles. The average Bonchev–Trinajstić information content (AvgIpc) is 2.62. The molecule has 0 unspecified atom stereocenters. The van der Waals surface area contributed by atoms with Gasteiger partial charge in [-0.25, -0.2) is 5.48 Å². The summed E-state index contributed by atoms with van der Waals surface area (Å²) < 4.78 is 0. The number of nitrogens with one attached hydrogen (secondary N) is 3. The number of anilines is 1. The van der Waals surface area contributed by atoms with Crippen molar-refractivity contribution in [2.75, 3.05) is 5.32 Å². The molecule has 0 bridgehead atoms. The van der Waals surface area contributed by atoms with Gasteiger partial charge in [-0.1, -0.05) is 34.6 Å². The van der Waals surface area contributed by atoms with E-state index in [-0.39, 0.29) is 12.3 Å². The van der Waals surface area contributed by atoms with E-state index in [1.165, 1.54) is 11.7 Å². The number of pyridine rings is 1. The number of carbonyl (C=O) groups is 3. The lowest BCUT2D eigenvalue weighted by atomic mass is 9.84. The van der Waals surface area contributed by atoms with Gasteiger partial charge in [0.15, 0.2) is 0 Å². The molecule has 1 aromatic rings. The monoisotopic (exact) mass is 394 g/mol. The molecule has 3 amide bonds. The fourth-order valence-corrected chi connectivity index (χ4v) is 2.71. The Bertz CT molecular complexity index is 673. The van der Waals surface area contributed by atoms with Gasteiger partial charge >= 0.3 is 0 Å². The maximum Gasteiger partial charge on any atom is 0.272 e. The van der Waals surface area contributed by atoms with Crippen LogP contribution in [0.2, 0.25) is 0 Å². The average molecular weight is 394 g/mol. The van der Waals surface area contributed by atoms with Gasteiger partial charge in [-0.15, -0.1) is 0 Å². The van der Waals surface area contributed by atoms with Crippen LogP contribution in [0.3, 0.4) is 0 Å². The molecule has 0 aliphatic rings. The molecule has 0 fully saturated rings. The molecule has 1 rings (SSSR count). The van der Waals surface area contributed by atoms with Crippen LogP contribution in [0.25, 0.3) is 0 Å². The van der Waals surface area contributed by atoms with Crippen LogP contribution in [0.4, 0.5) is 5.69 Å². The Labute approximate surface area is 164 Å². The second-order valence-electron chi connectivity index (χ2n) is 8.20. The molecule has 3 atom stereocenters. The molecular weight excluding hydrogens is 364 g/mol. The summed E-state index contributed by atoms with van der Waals surface area (Å²) in [6.45, 7) is 9.03. The zero-order valence-electron chi connectivity index (χ0n) is 16.9. The van der Waals surface area contributed by atoms with E-state index in [9.17, 15) is 19.5 Å². The van der Waals surface area contributed by atoms with E-state index >= 15 is 0 Å². The molecular formula is C19H30N4O5. The van der Waals surface area contributed by atoms with E-state index in [1.807, 2.05) is 13.8 Å². The molecule has 156 valence electrons. The van der Waals surface area contributed by atoms with Crippen LogP contribution in [0.15, 0.2) is 24.5 Å². The van der Waals surface area contributed by atoms with Crippen LogP contribution in [0, 0.1) is 17.3 Å². The number of nitrogens with zero attached hydrogens (tertiary/aromatic N) is 1. The number of rotatable bonds is 8. The number of hydroxylamine groups is 1. The second kappa shape index (κ2) is 10.1. The minimum absolute atomic E-state index is 0.00537. The molecule has 1 heterocycles. The van der Waals surface area contributed by atoms with Crippen molar-refractivity contribution in [1.82, 2.24) is 15.8 Å². The lowest BCUT2D eigenvalue weighted by molar-refractivity contribution is -0.147. The minimum atomic E-state index is -1.74. The lowest BCUT2D eigenvalue weighted by Gasteiger charge is -2.32. The molecule has 0 saturated carbocycles. The Kier molecular flexibility index (Phi) is 8.52. The SMILES string of the molecule is CC(C)C[C@@H](C(=O)N[C@H](C(=O)Nc1cccnc1)C(C)(C)C)[C@H](O)C(=O)NO. The highest BCUT2D eigenvalue weighted by molar-refractivity contribution is 5.98. The number of aromatic nitrogens is 1. The fourth-order valence-electron chi connectivity index (χ4n) is 2.71. The quantitative estimate of drug-likeness (QED) is 0.330. The standard InChI is InChI=1S/C19H30N4O5/c1-11(2)9-13(14(24)17(26)23-28)16(25)22-15(19(3,4)5)18(27)21-12-7-6-8-20-10-12/h6-8,10-11,13-15,24,28H,9H2,1-5H3,(H,21,27)(H,22,25)(H,23,26)/t13-,14+,15-/m1/s1. The smallest absolute Gasteiger partial charge is 0.272 e. The molecule has 1 aromatic heterocycles. The van der Waals surface area contributed by atoms with Crippen molar-refractivity contribution in [2.24, 2.45) is 17.3 Å². The molecule has 0 aliphatic carbocycles. The summed E-state index contributed by atoms with van der Waals surface area (Å²) in [6.07, 6.45) is 1.51. The number of aliphatic hydroxyl groups is 1. The number of amides is 3. The maximum atomic E-state index is 12.8. The van der Waals surface area contributed by atoms with Crippen molar-refractivity contribution in [2.45, 2.75) is 53.2 Å².